The third-order valence-electron chi connectivity index (χ3n) is 11.7. The second kappa shape index (κ2) is 45.8. The van der Waals surface area contributed by atoms with Crippen LogP contribution < -0.4 is 5.11 Å². The van der Waals surface area contributed by atoms with Crippen LogP contribution in [0.4, 0.5) is 0 Å². The molecule has 0 spiro atoms. The molecule has 0 rings (SSSR count). The van der Waals surface area contributed by atoms with Gasteiger partial charge in [-0.3, -0.25) is 9.59 Å². The summed E-state index contributed by atoms with van der Waals surface area (Å²) >= 11 is 0. The number of nitrogens with zero attached hydrogens (tertiary/aromatic N) is 1. The van der Waals surface area contributed by atoms with Crippen LogP contribution in [0.25, 0.3) is 0 Å². The summed E-state index contributed by atoms with van der Waals surface area (Å²) in [6.45, 7) is 4.61. The fourth-order valence-corrected chi connectivity index (χ4v) is 7.65. The fraction of sp³-hybridized carbons (Fsp3) is 0.800. The first-order chi connectivity index (χ1) is 30.6. The Morgan fingerprint density at radius 3 is 1.29 bits per heavy atom. The van der Waals surface area contributed by atoms with Gasteiger partial charge in [-0.05, 0) is 51.4 Å². The van der Waals surface area contributed by atoms with Gasteiger partial charge in [0.1, 0.15) is 12.6 Å². The second-order valence-electron chi connectivity index (χ2n) is 18.8. The van der Waals surface area contributed by atoms with Gasteiger partial charge in [0.25, 0.3) is 0 Å². The second-order valence-corrected chi connectivity index (χ2v) is 18.8. The van der Waals surface area contributed by atoms with Gasteiger partial charge in [0.15, 0.2) is 6.10 Å². The normalized spacial score (nSPS) is 13.2. The molecule has 2 unspecified atom stereocenters. The lowest BCUT2D eigenvalue weighted by Crippen LogP contribution is -2.55. The van der Waals surface area contributed by atoms with Crippen molar-refractivity contribution in [3.05, 3.63) is 48.6 Å². The van der Waals surface area contributed by atoms with Crippen LogP contribution in [-0.2, 0) is 28.6 Å². The molecule has 0 aliphatic heterocycles. The van der Waals surface area contributed by atoms with E-state index in [1.807, 2.05) is 0 Å². The van der Waals surface area contributed by atoms with Gasteiger partial charge in [0.2, 0.25) is 0 Å². The summed E-state index contributed by atoms with van der Waals surface area (Å²) in [4.78, 5) is 37.0. The molecule has 0 aromatic rings. The molecule has 0 aromatic carbocycles. The molecule has 0 N–H and O–H groups in total. The topological polar surface area (TPSA) is 102 Å². The maximum absolute atomic E-state index is 12.7. The zero-order valence-electron chi connectivity index (χ0n) is 41.7. The molecule has 0 heterocycles. The lowest BCUT2D eigenvalue weighted by atomic mass is 10.0. The Labute approximate surface area is 388 Å². The van der Waals surface area contributed by atoms with Crippen molar-refractivity contribution in [3.8, 4) is 0 Å². The molecule has 366 valence electrons. The predicted octanol–water partition coefficient (Wildman–Crippen LogP) is 13.8. The van der Waals surface area contributed by atoms with Crippen molar-refractivity contribution in [2.75, 3.05) is 41.0 Å². The van der Waals surface area contributed by atoms with Crippen LogP contribution in [0.15, 0.2) is 48.6 Å². The molecule has 63 heavy (non-hydrogen) atoms. The zero-order valence-corrected chi connectivity index (χ0v) is 41.7. The number of unbranched alkanes of at least 4 members (excludes halogenated alkanes) is 25. The number of carboxylic acid groups (broad SMARTS) is 1. The van der Waals surface area contributed by atoms with E-state index in [1.54, 1.807) is 21.1 Å². The van der Waals surface area contributed by atoms with Crippen LogP contribution in [0.2, 0.25) is 0 Å². The average molecular weight is 886 g/mol. The monoisotopic (exact) mass is 886 g/mol. The summed E-state index contributed by atoms with van der Waals surface area (Å²) in [5.74, 6) is -1.80. The number of rotatable bonds is 47. The minimum absolute atomic E-state index is 0.0203. The quantitative estimate of drug-likeness (QED) is 0.0259. The van der Waals surface area contributed by atoms with Gasteiger partial charge in [-0.2, -0.15) is 0 Å². The lowest BCUT2D eigenvalue weighted by molar-refractivity contribution is -0.889. The van der Waals surface area contributed by atoms with E-state index in [1.165, 1.54) is 148 Å². The van der Waals surface area contributed by atoms with Crippen molar-refractivity contribution < 1.29 is 38.2 Å². The molecule has 0 radical (unpaired) electrons. The number of esters is 2. The van der Waals surface area contributed by atoms with Gasteiger partial charge in [-0.25, -0.2) is 0 Å². The molecular weight excluding hydrogens is 787 g/mol. The molecule has 0 aliphatic rings. The molecule has 0 aromatic heterocycles. The number of hydrogen-bond donors (Lipinski definition) is 0. The van der Waals surface area contributed by atoms with Crippen LogP contribution in [0.3, 0.4) is 0 Å². The minimum atomic E-state index is -1.13. The van der Waals surface area contributed by atoms with E-state index in [0.29, 0.717) is 12.8 Å². The molecule has 2 atom stereocenters. The van der Waals surface area contributed by atoms with E-state index in [2.05, 4.69) is 62.5 Å². The third-order valence-corrected chi connectivity index (χ3v) is 11.7. The Kier molecular flexibility index (Phi) is 43.9. The minimum Gasteiger partial charge on any atom is -0.544 e. The molecule has 0 amide bonds. The summed E-state index contributed by atoms with van der Waals surface area (Å²) in [7, 11) is 5.40. The summed E-state index contributed by atoms with van der Waals surface area (Å²) < 4.78 is 17.2. The van der Waals surface area contributed by atoms with Crippen molar-refractivity contribution in [2.45, 2.75) is 244 Å². The van der Waals surface area contributed by atoms with E-state index in [9.17, 15) is 19.5 Å². The van der Waals surface area contributed by atoms with Gasteiger partial charge < -0.3 is 28.6 Å². The molecule has 0 saturated heterocycles. The van der Waals surface area contributed by atoms with Gasteiger partial charge in [-0.15, -0.1) is 0 Å². The standard InChI is InChI=1S/C55H99NO7/c1-6-8-10-12-14-16-18-20-22-24-25-26-27-28-30-31-33-35-37-39-41-43-45-53(57)62-50-51(49-61-48-47-52(55(59)60)56(3,4)5)63-54(58)46-44-42-40-38-36-34-32-29-23-21-19-17-15-13-11-9-7-2/h15,17,21,23,32,34,38,40,51-52H,6-14,16,18-20,22,24-31,33,35-37,39,41-50H2,1-5H3/b17-15+,23-21+,34-32+,40-38+. The Balaban J connectivity index is 4.26. The van der Waals surface area contributed by atoms with Gasteiger partial charge in [-0.1, -0.05) is 210 Å². The number of allylic oxidation sites excluding steroid dienone is 8. The van der Waals surface area contributed by atoms with Gasteiger partial charge in [0, 0.05) is 19.3 Å². The van der Waals surface area contributed by atoms with E-state index >= 15 is 0 Å². The Morgan fingerprint density at radius 1 is 0.476 bits per heavy atom. The highest BCUT2D eigenvalue weighted by molar-refractivity contribution is 5.70. The highest BCUT2D eigenvalue weighted by atomic mass is 16.6. The number of carbonyl (C=O) groups excluding carboxylic acids is 3. The van der Waals surface area contributed by atoms with Crippen LogP contribution in [0, 0.1) is 0 Å². The summed E-state index contributed by atoms with van der Waals surface area (Å²) in [5, 5.41) is 11.7. The van der Waals surface area contributed by atoms with Crippen LogP contribution in [0.1, 0.15) is 232 Å². The Morgan fingerprint density at radius 2 is 0.857 bits per heavy atom. The maximum atomic E-state index is 12.7. The summed E-state index contributed by atoms with van der Waals surface area (Å²) in [5.41, 5.74) is 0. The van der Waals surface area contributed by atoms with Gasteiger partial charge >= 0.3 is 11.9 Å². The van der Waals surface area contributed by atoms with Gasteiger partial charge in [0.05, 0.1) is 40.3 Å². The number of carbonyl (C=O) groups is 3. The SMILES string of the molecule is CCCCC/C=C/C/C=C/C/C=C/C/C=C/CCCC(=O)OC(COCCC(C(=O)[O-])[N+](C)(C)C)COC(=O)CCCCCCCCCCCCCCCCCCCCCCCC. The first-order valence-electron chi connectivity index (χ1n) is 26.2. The molecule has 0 saturated carbocycles. The van der Waals surface area contributed by atoms with Crippen LogP contribution in [0.5, 0.6) is 0 Å². The van der Waals surface area contributed by atoms with Crippen molar-refractivity contribution in [1.82, 2.24) is 0 Å². The number of aliphatic carboxylic acids is 1. The van der Waals surface area contributed by atoms with Crippen molar-refractivity contribution in [3.63, 3.8) is 0 Å². The lowest BCUT2D eigenvalue weighted by Gasteiger charge is -2.34. The highest BCUT2D eigenvalue weighted by Gasteiger charge is 2.25. The van der Waals surface area contributed by atoms with Crippen molar-refractivity contribution in [2.24, 2.45) is 0 Å². The number of hydrogen-bond acceptors (Lipinski definition) is 7. The number of carboxylic acids is 1. The maximum Gasteiger partial charge on any atom is 0.306 e. The number of quaternary nitrogens is 1. The Hall–Kier alpha value is -2.71. The molecule has 8 heteroatoms. The fourth-order valence-electron chi connectivity index (χ4n) is 7.65. The summed E-state index contributed by atoms with van der Waals surface area (Å²) in [6.07, 6.45) is 55.8. The Bertz CT molecular complexity index is 1170. The number of likely N-dealkylation sites (N-methyl/N-ethyl adjacent to an activating group) is 1. The van der Waals surface area contributed by atoms with E-state index in [0.717, 1.165) is 44.9 Å². The van der Waals surface area contributed by atoms with E-state index < -0.39 is 18.1 Å². The number of ether oxygens (including phenoxy) is 3. The predicted molar refractivity (Wildman–Crippen MR) is 263 cm³/mol. The first kappa shape index (κ1) is 60.3. The largest absolute Gasteiger partial charge is 0.544 e. The molecular formula is C55H99NO7. The van der Waals surface area contributed by atoms with Crippen LogP contribution in [-0.4, -0.2) is 75.5 Å². The third kappa shape index (κ3) is 44.3. The molecule has 8 nitrogen and oxygen atoms in total. The average Bonchev–Trinajstić information content (AvgIpc) is 3.24. The summed E-state index contributed by atoms with van der Waals surface area (Å²) in [6, 6.07) is -0.736. The molecule has 0 aliphatic carbocycles. The van der Waals surface area contributed by atoms with Crippen LogP contribution >= 0.6 is 0 Å². The highest BCUT2D eigenvalue weighted by Crippen LogP contribution is 2.16. The van der Waals surface area contributed by atoms with E-state index in [4.69, 9.17) is 14.2 Å². The van der Waals surface area contributed by atoms with Crippen molar-refractivity contribution >= 4 is 17.9 Å². The molecule has 0 fully saturated rings. The first-order valence-corrected chi connectivity index (χ1v) is 26.2. The molecule has 0 bridgehead atoms. The van der Waals surface area contributed by atoms with Crippen molar-refractivity contribution in [1.29, 1.82) is 0 Å². The zero-order chi connectivity index (χ0) is 46.3. The smallest absolute Gasteiger partial charge is 0.306 e. The van der Waals surface area contributed by atoms with E-state index in [-0.39, 0.29) is 49.1 Å².